The molecule has 1 nitrogen and oxygen atoms in total. The Morgan fingerprint density at radius 2 is 1.48 bits per heavy atom. The molecule has 0 saturated carbocycles. The van der Waals surface area contributed by atoms with E-state index in [0.29, 0.717) is 6.04 Å². The van der Waals surface area contributed by atoms with Crippen LogP contribution in [0.3, 0.4) is 0 Å². The van der Waals surface area contributed by atoms with Gasteiger partial charge >= 0.3 is 0 Å². The van der Waals surface area contributed by atoms with Crippen molar-refractivity contribution < 1.29 is 0 Å². The van der Waals surface area contributed by atoms with Gasteiger partial charge in [0.25, 0.3) is 0 Å². The highest BCUT2D eigenvalue weighted by Gasteiger charge is 2.02. The van der Waals surface area contributed by atoms with Crippen LogP contribution in [0.1, 0.15) is 77.5 Å². The second-order valence-corrected chi connectivity index (χ2v) is 7.65. The van der Waals surface area contributed by atoms with Crippen molar-refractivity contribution in [2.45, 2.75) is 86.6 Å². The van der Waals surface area contributed by atoms with E-state index >= 15 is 0 Å². The first kappa shape index (κ1) is 28.9. The van der Waals surface area contributed by atoms with Gasteiger partial charge in [0.15, 0.2) is 0 Å². The molecule has 1 atom stereocenters. The zero-order valence-electron chi connectivity index (χ0n) is 21.2. The number of nitrogens with one attached hydrogen (secondary N) is 1. The quantitative estimate of drug-likeness (QED) is 0.379. The van der Waals surface area contributed by atoms with Crippen LogP contribution in [0.5, 0.6) is 0 Å². The molecule has 1 unspecified atom stereocenters. The minimum atomic E-state index is 0.520. The molecule has 0 fully saturated rings. The standard InChI is InChI=1S/C18H23N.C10H18.C2H6/c1-15-8-10-18(11-9-15)14-16(2)19-13-12-17-6-4-3-5-7-17;1-4-7-8-9-10(5-2)6-3;1-2/h3-11,16,19H,12-14H2,1-2H3;7-9H,4-6H2,1-3H3;1-2H3/b;8-7-;. The van der Waals surface area contributed by atoms with Crippen molar-refractivity contribution in [3.05, 3.63) is 95.1 Å². The van der Waals surface area contributed by atoms with Crippen LogP contribution in [0.4, 0.5) is 0 Å². The largest absolute Gasteiger partial charge is 0.314 e. The van der Waals surface area contributed by atoms with Crippen LogP contribution in [-0.2, 0) is 12.8 Å². The third kappa shape index (κ3) is 15.3. The summed E-state index contributed by atoms with van der Waals surface area (Å²) in [5, 5.41) is 3.59. The van der Waals surface area contributed by atoms with Crippen molar-refractivity contribution in [1.29, 1.82) is 0 Å². The lowest BCUT2D eigenvalue weighted by Gasteiger charge is -2.14. The van der Waals surface area contributed by atoms with Gasteiger partial charge in [-0.1, -0.05) is 119 Å². The fraction of sp³-hybridized carbons (Fsp3) is 0.467. The lowest BCUT2D eigenvalue weighted by molar-refractivity contribution is 0.548. The summed E-state index contributed by atoms with van der Waals surface area (Å²) in [6.45, 7) is 16.0. The third-order valence-corrected chi connectivity index (χ3v) is 5.02. The molecule has 2 rings (SSSR count). The van der Waals surface area contributed by atoms with E-state index < -0.39 is 0 Å². The van der Waals surface area contributed by atoms with Gasteiger partial charge in [0.2, 0.25) is 0 Å². The van der Waals surface area contributed by atoms with Gasteiger partial charge in [0.05, 0.1) is 0 Å². The minimum absolute atomic E-state index is 0.520. The molecule has 0 aliphatic rings. The van der Waals surface area contributed by atoms with E-state index in [2.05, 4.69) is 113 Å². The molecule has 0 aromatic heterocycles. The average molecular weight is 422 g/mol. The van der Waals surface area contributed by atoms with Crippen LogP contribution in [-0.4, -0.2) is 12.6 Å². The maximum absolute atomic E-state index is 3.59. The van der Waals surface area contributed by atoms with E-state index in [-0.39, 0.29) is 0 Å². The summed E-state index contributed by atoms with van der Waals surface area (Å²) < 4.78 is 0. The van der Waals surface area contributed by atoms with Gasteiger partial charge in [-0.15, -0.1) is 0 Å². The highest BCUT2D eigenvalue weighted by molar-refractivity contribution is 5.22. The second-order valence-electron chi connectivity index (χ2n) is 7.65. The Labute approximate surface area is 193 Å². The average Bonchev–Trinajstić information content (AvgIpc) is 2.81. The van der Waals surface area contributed by atoms with Gasteiger partial charge in [-0.2, -0.15) is 0 Å². The molecule has 0 amide bonds. The molecule has 0 heterocycles. The lowest BCUT2D eigenvalue weighted by atomic mass is 10.1. The van der Waals surface area contributed by atoms with Gasteiger partial charge in [-0.05, 0) is 63.6 Å². The summed E-state index contributed by atoms with van der Waals surface area (Å²) >= 11 is 0. The van der Waals surface area contributed by atoms with Crippen LogP contribution >= 0.6 is 0 Å². The van der Waals surface area contributed by atoms with Crippen molar-refractivity contribution >= 4 is 0 Å². The molecule has 0 radical (unpaired) electrons. The van der Waals surface area contributed by atoms with Gasteiger partial charge in [-0.25, -0.2) is 0 Å². The molecular weight excluding hydrogens is 374 g/mol. The molecule has 2 aromatic carbocycles. The van der Waals surface area contributed by atoms with Gasteiger partial charge in [-0.3, -0.25) is 0 Å². The highest BCUT2D eigenvalue weighted by atomic mass is 14.9. The van der Waals surface area contributed by atoms with E-state index in [1.165, 1.54) is 35.1 Å². The van der Waals surface area contributed by atoms with Crippen molar-refractivity contribution in [1.82, 2.24) is 5.32 Å². The van der Waals surface area contributed by atoms with Crippen molar-refractivity contribution in [3.8, 4) is 0 Å². The zero-order chi connectivity index (χ0) is 23.3. The number of rotatable bonds is 10. The van der Waals surface area contributed by atoms with E-state index in [4.69, 9.17) is 0 Å². The number of hydrogen-bond acceptors (Lipinski definition) is 1. The summed E-state index contributed by atoms with van der Waals surface area (Å²) in [6, 6.07) is 20.0. The Kier molecular flexibility index (Phi) is 18.5. The first-order valence-electron chi connectivity index (χ1n) is 12.3. The predicted octanol–water partition coefficient (Wildman–Crippen LogP) is 8.48. The van der Waals surface area contributed by atoms with Crippen LogP contribution in [0.15, 0.2) is 78.4 Å². The smallest absolute Gasteiger partial charge is 0.00792 e. The van der Waals surface area contributed by atoms with Crippen molar-refractivity contribution in [2.24, 2.45) is 0 Å². The second kappa shape index (κ2) is 19.8. The molecule has 31 heavy (non-hydrogen) atoms. The maximum atomic E-state index is 3.59. The van der Waals surface area contributed by atoms with Crippen LogP contribution in [0.2, 0.25) is 0 Å². The van der Waals surface area contributed by atoms with Gasteiger partial charge < -0.3 is 5.32 Å². The van der Waals surface area contributed by atoms with E-state index in [1.807, 2.05) is 13.8 Å². The molecule has 0 aliphatic heterocycles. The fourth-order valence-corrected chi connectivity index (χ4v) is 3.08. The van der Waals surface area contributed by atoms with Gasteiger partial charge in [0, 0.05) is 6.04 Å². The predicted molar refractivity (Wildman–Crippen MR) is 142 cm³/mol. The summed E-state index contributed by atoms with van der Waals surface area (Å²) in [5.74, 6) is 0. The SMILES string of the molecule is CC.CC/C=C\C=C(CC)CC.Cc1ccc(CC(C)NCCc2ccccc2)cc1. The monoisotopic (exact) mass is 421 g/mol. The molecular formula is C30H47N. The number of hydrogen-bond donors (Lipinski definition) is 1. The highest BCUT2D eigenvalue weighted by Crippen LogP contribution is 2.06. The molecule has 2 aromatic rings. The Bertz CT molecular complexity index is 689. The third-order valence-electron chi connectivity index (χ3n) is 5.02. The number of benzene rings is 2. The van der Waals surface area contributed by atoms with Crippen LogP contribution in [0.25, 0.3) is 0 Å². The van der Waals surface area contributed by atoms with Crippen molar-refractivity contribution in [2.75, 3.05) is 6.54 Å². The summed E-state index contributed by atoms with van der Waals surface area (Å²) in [5.41, 5.74) is 5.67. The molecule has 172 valence electrons. The van der Waals surface area contributed by atoms with E-state index in [1.54, 1.807) is 0 Å². The van der Waals surface area contributed by atoms with Crippen LogP contribution < -0.4 is 5.32 Å². The molecule has 1 N–H and O–H groups in total. The Hall–Kier alpha value is -2.12. The summed E-state index contributed by atoms with van der Waals surface area (Å²) in [4.78, 5) is 0. The molecule has 0 bridgehead atoms. The summed E-state index contributed by atoms with van der Waals surface area (Å²) in [7, 11) is 0. The molecule has 0 saturated heterocycles. The summed E-state index contributed by atoms with van der Waals surface area (Å²) in [6.07, 6.45) is 12.3. The fourth-order valence-electron chi connectivity index (χ4n) is 3.08. The Morgan fingerprint density at radius 3 is 2.03 bits per heavy atom. The first-order valence-corrected chi connectivity index (χ1v) is 12.3. The number of allylic oxidation sites excluding steroid dienone is 4. The molecule has 0 aliphatic carbocycles. The Balaban J connectivity index is 0.000000639. The molecule has 0 spiro atoms. The van der Waals surface area contributed by atoms with Crippen LogP contribution in [0, 0.1) is 6.92 Å². The normalized spacial score (nSPS) is 11.1. The maximum Gasteiger partial charge on any atom is 0.00792 e. The van der Waals surface area contributed by atoms with E-state index in [9.17, 15) is 0 Å². The topological polar surface area (TPSA) is 12.0 Å². The number of aryl methyl sites for hydroxylation is 1. The minimum Gasteiger partial charge on any atom is -0.314 e. The lowest BCUT2D eigenvalue weighted by Crippen LogP contribution is -2.29. The van der Waals surface area contributed by atoms with Gasteiger partial charge in [0.1, 0.15) is 0 Å². The zero-order valence-corrected chi connectivity index (χ0v) is 21.2. The van der Waals surface area contributed by atoms with E-state index in [0.717, 1.165) is 25.8 Å². The molecule has 1 heteroatoms. The Morgan fingerprint density at radius 1 is 0.871 bits per heavy atom. The van der Waals surface area contributed by atoms with Crippen molar-refractivity contribution in [3.63, 3.8) is 0 Å². The first-order chi connectivity index (χ1) is 15.1.